The number of ether oxygens (including phenoxy) is 3. The lowest BCUT2D eigenvalue weighted by Crippen LogP contribution is -2.20. The highest BCUT2D eigenvalue weighted by molar-refractivity contribution is 6.31. The molecule has 1 N–H and O–H groups in total. The van der Waals surface area contributed by atoms with Crippen molar-refractivity contribution in [3.8, 4) is 11.5 Å². The van der Waals surface area contributed by atoms with Crippen molar-refractivity contribution in [3.05, 3.63) is 22.7 Å². The van der Waals surface area contributed by atoms with Gasteiger partial charge in [-0.1, -0.05) is 11.6 Å². The van der Waals surface area contributed by atoms with Gasteiger partial charge in [0.2, 0.25) is 0 Å². The first-order chi connectivity index (χ1) is 8.49. The predicted octanol–water partition coefficient (Wildman–Crippen LogP) is 2.46. The zero-order valence-corrected chi connectivity index (χ0v) is 11.2. The van der Waals surface area contributed by atoms with Crippen LogP contribution in [0.2, 0.25) is 5.02 Å². The maximum absolute atomic E-state index is 11.2. The first-order valence-corrected chi connectivity index (χ1v) is 5.63. The van der Waals surface area contributed by atoms with E-state index in [0.717, 1.165) is 0 Å². The molecule has 0 radical (unpaired) electrons. The maximum Gasteiger partial charge on any atom is 0.339 e. The highest BCUT2D eigenvalue weighted by Gasteiger charge is 2.20. The Bertz CT molecular complexity index is 433. The SMILES string of the molecule is COCC(C)Oc1c(OC)cc(Cl)cc1C(=O)O. The van der Waals surface area contributed by atoms with E-state index in [1.807, 2.05) is 0 Å². The van der Waals surface area contributed by atoms with E-state index in [-0.39, 0.29) is 28.2 Å². The third-order valence-electron chi connectivity index (χ3n) is 2.19. The smallest absolute Gasteiger partial charge is 0.339 e. The Morgan fingerprint density at radius 2 is 2.11 bits per heavy atom. The minimum Gasteiger partial charge on any atom is -0.493 e. The molecular formula is C12H15ClO5. The fourth-order valence-corrected chi connectivity index (χ4v) is 1.68. The molecule has 0 heterocycles. The summed E-state index contributed by atoms with van der Waals surface area (Å²) >= 11 is 5.82. The van der Waals surface area contributed by atoms with Crippen molar-refractivity contribution in [2.75, 3.05) is 20.8 Å². The summed E-state index contributed by atoms with van der Waals surface area (Å²) in [6, 6.07) is 2.82. The van der Waals surface area contributed by atoms with E-state index < -0.39 is 5.97 Å². The van der Waals surface area contributed by atoms with Crippen molar-refractivity contribution in [2.24, 2.45) is 0 Å². The molecule has 0 spiro atoms. The van der Waals surface area contributed by atoms with Crippen LogP contribution < -0.4 is 9.47 Å². The van der Waals surface area contributed by atoms with Crippen LogP contribution in [0.1, 0.15) is 17.3 Å². The number of carboxylic acid groups (broad SMARTS) is 1. The van der Waals surface area contributed by atoms with Gasteiger partial charge in [-0.2, -0.15) is 0 Å². The highest BCUT2D eigenvalue weighted by Crippen LogP contribution is 2.35. The van der Waals surface area contributed by atoms with Crippen LogP contribution >= 0.6 is 11.6 Å². The molecule has 0 fully saturated rings. The maximum atomic E-state index is 11.2. The molecule has 6 heteroatoms. The Balaban J connectivity index is 3.16. The number of benzene rings is 1. The van der Waals surface area contributed by atoms with E-state index in [2.05, 4.69) is 0 Å². The van der Waals surface area contributed by atoms with Gasteiger partial charge < -0.3 is 19.3 Å². The Labute approximate surface area is 110 Å². The number of carboxylic acids is 1. The lowest BCUT2D eigenvalue weighted by atomic mass is 10.2. The van der Waals surface area contributed by atoms with Gasteiger partial charge in [-0.15, -0.1) is 0 Å². The summed E-state index contributed by atoms with van der Waals surface area (Å²) < 4.78 is 15.6. The summed E-state index contributed by atoms with van der Waals surface area (Å²) in [6.45, 7) is 2.11. The summed E-state index contributed by atoms with van der Waals surface area (Å²) in [6.07, 6.45) is -0.303. The number of methoxy groups -OCH3 is 2. The fraction of sp³-hybridized carbons (Fsp3) is 0.417. The molecule has 0 aromatic heterocycles. The zero-order chi connectivity index (χ0) is 13.7. The third kappa shape index (κ3) is 3.51. The second-order valence-electron chi connectivity index (χ2n) is 3.67. The highest BCUT2D eigenvalue weighted by atomic mass is 35.5. The van der Waals surface area contributed by atoms with Crippen LogP contribution in [-0.4, -0.2) is 38.0 Å². The van der Waals surface area contributed by atoms with Gasteiger partial charge in [-0.25, -0.2) is 4.79 Å². The molecule has 0 saturated heterocycles. The van der Waals surface area contributed by atoms with Gasteiger partial charge in [0, 0.05) is 18.2 Å². The normalized spacial score (nSPS) is 12.0. The molecule has 0 aliphatic heterocycles. The van der Waals surface area contributed by atoms with Gasteiger partial charge in [0.1, 0.15) is 11.7 Å². The fourth-order valence-electron chi connectivity index (χ4n) is 1.47. The third-order valence-corrected chi connectivity index (χ3v) is 2.41. The number of aromatic carboxylic acids is 1. The van der Waals surface area contributed by atoms with Crippen LogP contribution in [-0.2, 0) is 4.74 Å². The van der Waals surface area contributed by atoms with Crippen LogP contribution in [0.5, 0.6) is 11.5 Å². The molecule has 0 amide bonds. The number of hydrogen-bond acceptors (Lipinski definition) is 4. The molecule has 0 aliphatic carbocycles. The van der Waals surface area contributed by atoms with E-state index >= 15 is 0 Å². The minimum absolute atomic E-state index is 0.0395. The molecule has 100 valence electrons. The molecule has 1 aromatic rings. The van der Waals surface area contributed by atoms with Gasteiger partial charge in [0.05, 0.1) is 13.7 Å². The molecule has 1 rings (SSSR count). The zero-order valence-electron chi connectivity index (χ0n) is 10.4. The van der Waals surface area contributed by atoms with Crippen LogP contribution in [0.25, 0.3) is 0 Å². The van der Waals surface area contributed by atoms with Crippen molar-refractivity contribution in [1.29, 1.82) is 0 Å². The van der Waals surface area contributed by atoms with Gasteiger partial charge >= 0.3 is 5.97 Å². The minimum atomic E-state index is -1.13. The van der Waals surface area contributed by atoms with Gasteiger partial charge in [-0.3, -0.25) is 0 Å². The lowest BCUT2D eigenvalue weighted by Gasteiger charge is -2.18. The monoisotopic (exact) mass is 274 g/mol. The average Bonchev–Trinajstić information content (AvgIpc) is 2.30. The predicted molar refractivity (Wildman–Crippen MR) is 66.9 cm³/mol. The summed E-state index contributed by atoms with van der Waals surface area (Å²) in [5.41, 5.74) is -0.0395. The van der Waals surface area contributed by atoms with Crippen molar-refractivity contribution >= 4 is 17.6 Å². The quantitative estimate of drug-likeness (QED) is 0.863. The molecule has 0 saturated carbocycles. The largest absolute Gasteiger partial charge is 0.493 e. The van der Waals surface area contributed by atoms with E-state index in [1.54, 1.807) is 6.92 Å². The number of carbonyl (C=O) groups is 1. The van der Waals surface area contributed by atoms with Crippen LogP contribution in [0.4, 0.5) is 0 Å². The van der Waals surface area contributed by atoms with E-state index in [1.165, 1.54) is 26.4 Å². The average molecular weight is 275 g/mol. The number of halogens is 1. The molecular weight excluding hydrogens is 260 g/mol. The molecule has 18 heavy (non-hydrogen) atoms. The molecule has 1 aromatic carbocycles. The summed E-state index contributed by atoms with van der Waals surface area (Å²) in [5.74, 6) is -0.697. The van der Waals surface area contributed by atoms with Gasteiger partial charge in [0.25, 0.3) is 0 Å². The summed E-state index contributed by atoms with van der Waals surface area (Å²) in [7, 11) is 2.96. The van der Waals surface area contributed by atoms with Gasteiger partial charge in [-0.05, 0) is 13.0 Å². The van der Waals surface area contributed by atoms with E-state index in [0.29, 0.717) is 6.61 Å². The van der Waals surface area contributed by atoms with Crippen molar-refractivity contribution < 1.29 is 24.1 Å². The van der Waals surface area contributed by atoms with Crippen molar-refractivity contribution in [3.63, 3.8) is 0 Å². The van der Waals surface area contributed by atoms with Crippen LogP contribution in [0, 0.1) is 0 Å². The van der Waals surface area contributed by atoms with Crippen LogP contribution in [0.3, 0.4) is 0 Å². The number of rotatable bonds is 6. The topological polar surface area (TPSA) is 65.0 Å². The summed E-state index contributed by atoms with van der Waals surface area (Å²) in [4.78, 5) is 11.2. The Kier molecular flexibility index (Phi) is 5.25. The van der Waals surface area contributed by atoms with Crippen molar-refractivity contribution in [1.82, 2.24) is 0 Å². The molecule has 0 bridgehead atoms. The first kappa shape index (κ1) is 14.6. The van der Waals surface area contributed by atoms with Gasteiger partial charge in [0.15, 0.2) is 11.5 Å². The van der Waals surface area contributed by atoms with E-state index in [4.69, 9.17) is 30.9 Å². The standard InChI is InChI=1S/C12H15ClO5/c1-7(6-16-2)18-11-9(12(14)15)4-8(13)5-10(11)17-3/h4-5,7H,6H2,1-3H3,(H,14,15). The number of hydrogen-bond donors (Lipinski definition) is 1. The first-order valence-electron chi connectivity index (χ1n) is 5.26. The van der Waals surface area contributed by atoms with Crippen molar-refractivity contribution in [2.45, 2.75) is 13.0 Å². The molecule has 0 aliphatic rings. The molecule has 1 atom stereocenters. The summed E-state index contributed by atoms with van der Waals surface area (Å²) in [5, 5.41) is 9.40. The Morgan fingerprint density at radius 3 is 2.61 bits per heavy atom. The Hall–Kier alpha value is -1.46. The lowest BCUT2D eigenvalue weighted by molar-refractivity contribution is 0.0670. The van der Waals surface area contributed by atoms with E-state index in [9.17, 15) is 4.79 Å². The second kappa shape index (κ2) is 6.47. The Morgan fingerprint density at radius 1 is 1.44 bits per heavy atom. The molecule has 5 nitrogen and oxygen atoms in total. The molecule has 1 unspecified atom stereocenters. The second-order valence-corrected chi connectivity index (χ2v) is 4.11. The van der Waals surface area contributed by atoms with Crippen LogP contribution in [0.15, 0.2) is 12.1 Å².